The number of carbonyl (C=O) groups excluding carboxylic acids is 1. The summed E-state index contributed by atoms with van der Waals surface area (Å²) in [4.78, 5) is 18.6. The molecule has 1 aliphatic heterocycles. The van der Waals surface area contributed by atoms with Gasteiger partial charge in [0.2, 0.25) is 0 Å². The number of pyridine rings is 1. The van der Waals surface area contributed by atoms with E-state index < -0.39 is 0 Å². The molecule has 1 aromatic heterocycles. The molecule has 1 aromatic rings. The van der Waals surface area contributed by atoms with Crippen LogP contribution in [0.2, 0.25) is 0 Å². The van der Waals surface area contributed by atoms with E-state index in [2.05, 4.69) is 15.2 Å². The molecular weight excluding hydrogens is 238 g/mol. The molecule has 0 bridgehead atoms. The van der Waals surface area contributed by atoms with Gasteiger partial charge in [0.15, 0.2) is 0 Å². The van der Waals surface area contributed by atoms with Crippen molar-refractivity contribution >= 4 is 11.6 Å². The number of hydrogen-bond donors (Lipinski definition) is 1. The lowest BCUT2D eigenvalue weighted by molar-refractivity contribution is 0.0914. The van der Waals surface area contributed by atoms with Gasteiger partial charge >= 0.3 is 0 Å². The van der Waals surface area contributed by atoms with Gasteiger partial charge in [0, 0.05) is 18.6 Å². The second-order valence-electron chi connectivity index (χ2n) is 6.15. The third-order valence-corrected chi connectivity index (χ3v) is 3.19. The van der Waals surface area contributed by atoms with Crippen LogP contribution in [0, 0.1) is 0 Å². The Hall–Kier alpha value is -1.58. The first kappa shape index (κ1) is 13.8. The second kappa shape index (κ2) is 5.59. The maximum Gasteiger partial charge on any atom is 0.270 e. The average Bonchev–Trinajstić information content (AvgIpc) is 2.38. The molecule has 0 atom stereocenters. The van der Waals surface area contributed by atoms with Crippen molar-refractivity contribution in [1.29, 1.82) is 0 Å². The van der Waals surface area contributed by atoms with Crippen molar-refractivity contribution in [3.05, 3.63) is 24.0 Å². The highest BCUT2D eigenvalue weighted by Crippen LogP contribution is 2.18. The zero-order valence-corrected chi connectivity index (χ0v) is 12.1. The predicted octanol–water partition coefficient (Wildman–Crippen LogP) is 2.60. The molecule has 104 valence electrons. The van der Waals surface area contributed by atoms with E-state index in [0.717, 1.165) is 18.8 Å². The molecule has 19 heavy (non-hydrogen) atoms. The number of amides is 1. The summed E-state index contributed by atoms with van der Waals surface area (Å²) in [5.41, 5.74) is 1.37. The van der Waals surface area contributed by atoms with Crippen LogP contribution in [0.5, 0.6) is 0 Å². The lowest BCUT2D eigenvalue weighted by Gasteiger charge is -2.28. The highest BCUT2D eigenvalue weighted by atomic mass is 16.2. The molecule has 0 aromatic carbocycles. The van der Waals surface area contributed by atoms with Gasteiger partial charge in [0.05, 0.1) is 11.9 Å². The van der Waals surface area contributed by atoms with Crippen molar-refractivity contribution in [3.8, 4) is 0 Å². The zero-order valence-electron chi connectivity index (χ0n) is 12.1. The monoisotopic (exact) mass is 261 g/mol. The van der Waals surface area contributed by atoms with Crippen molar-refractivity contribution in [2.45, 2.75) is 45.6 Å². The van der Waals surface area contributed by atoms with Crippen LogP contribution in [0.15, 0.2) is 18.3 Å². The summed E-state index contributed by atoms with van der Waals surface area (Å²) in [5, 5.41) is 2.92. The lowest BCUT2D eigenvalue weighted by Crippen LogP contribution is -2.41. The number of hydrogen-bond acceptors (Lipinski definition) is 3. The zero-order chi connectivity index (χ0) is 13.9. The molecule has 4 nitrogen and oxygen atoms in total. The predicted molar refractivity (Wildman–Crippen MR) is 77.5 cm³/mol. The number of aromatic nitrogens is 1. The Balaban J connectivity index is 2.03. The van der Waals surface area contributed by atoms with E-state index in [1.54, 1.807) is 0 Å². The van der Waals surface area contributed by atoms with Crippen LogP contribution in [0.4, 0.5) is 5.69 Å². The molecule has 0 saturated carbocycles. The number of piperidine rings is 1. The fraction of sp³-hybridized carbons (Fsp3) is 0.600. The van der Waals surface area contributed by atoms with Crippen LogP contribution < -0.4 is 10.2 Å². The smallest absolute Gasteiger partial charge is 0.270 e. The van der Waals surface area contributed by atoms with Crippen LogP contribution in [-0.2, 0) is 0 Å². The molecular formula is C15H23N3O. The van der Waals surface area contributed by atoms with E-state index in [0.29, 0.717) is 5.69 Å². The molecule has 1 fully saturated rings. The van der Waals surface area contributed by atoms with E-state index >= 15 is 0 Å². The normalized spacial score (nSPS) is 16.3. The first-order valence-corrected chi connectivity index (χ1v) is 6.99. The van der Waals surface area contributed by atoms with Crippen molar-refractivity contribution in [3.63, 3.8) is 0 Å². The van der Waals surface area contributed by atoms with E-state index in [1.165, 1.54) is 19.3 Å². The van der Waals surface area contributed by atoms with Gasteiger partial charge in [-0.2, -0.15) is 0 Å². The molecule has 1 amide bonds. The Labute approximate surface area is 115 Å². The van der Waals surface area contributed by atoms with Gasteiger partial charge in [0.1, 0.15) is 5.69 Å². The average molecular weight is 261 g/mol. The fourth-order valence-electron chi connectivity index (χ4n) is 2.26. The minimum Gasteiger partial charge on any atom is -0.370 e. The van der Waals surface area contributed by atoms with Crippen LogP contribution in [0.25, 0.3) is 0 Å². The van der Waals surface area contributed by atoms with Crippen LogP contribution in [0.3, 0.4) is 0 Å². The number of carbonyl (C=O) groups is 1. The molecule has 1 aliphatic rings. The number of nitrogens with zero attached hydrogens (tertiary/aromatic N) is 2. The first-order valence-electron chi connectivity index (χ1n) is 6.99. The Kier molecular flexibility index (Phi) is 4.08. The quantitative estimate of drug-likeness (QED) is 0.890. The van der Waals surface area contributed by atoms with Crippen molar-refractivity contribution in [1.82, 2.24) is 10.3 Å². The van der Waals surface area contributed by atoms with Gasteiger partial charge in [0.25, 0.3) is 5.91 Å². The van der Waals surface area contributed by atoms with E-state index in [9.17, 15) is 4.79 Å². The third-order valence-electron chi connectivity index (χ3n) is 3.19. The van der Waals surface area contributed by atoms with E-state index in [1.807, 2.05) is 39.1 Å². The highest BCUT2D eigenvalue weighted by Gasteiger charge is 2.17. The van der Waals surface area contributed by atoms with Gasteiger partial charge in [-0.15, -0.1) is 0 Å². The maximum atomic E-state index is 12.0. The van der Waals surface area contributed by atoms with Crippen LogP contribution in [0.1, 0.15) is 50.5 Å². The minimum absolute atomic E-state index is 0.113. The maximum absolute atomic E-state index is 12.0. The fourth-order valence-corrected chi connectivity index (χ4v) is 2.26. The Morgan fingerprint density at radius 1 is 1.21 bits per heavy atom. The van der Waals surface area contributed by atoms with Crippen molar-refractivity contribution in [2.24, 2.45) is 0 Å². The summed E-state index contributed by atoms with van der Waals surface area (Å²) in [6.45, 7) is 8.08. The van der Waals surface area contributed by atoms with Gasteiger partial charge < -0.3 is 10.2 Å². The topological polar surface area (TPSA) is 45.2 Å². The first-order chi connectivity index (χ1) is 8.96. The highest BCUT2D eigenvalue weighted by molar-refractivity contribution is 5.92. The Bertz CT molecular complexity index is 428. The molecule has 1 N–H and O–H groups in total. The third kappa shape index (κ3) is 3.94. The summed E-state index contributed by atoms with van der Waals surface area (Å²) in [6.07, 6.45) is 5.61. The number of nitrogens with one attached hydrogen (secondary N) is 1. The van der Waals surface area contributed by atoms with Gasteiger partial charge in [-0.3, -0.25) is 4.79 Å². The van der Waals surface area contributed by atoms with Gasteiger partial charge in [-0.25, -0.2) is 4.98 Å². The Morgan fingerprint density at radius 3 is 2.42 bits per heavy atom. The number of rotatable bonds is 2. The van der Waals surface area contributed by atoms with Gasteiger partial charge in [-0.05, 0) is 52.2 Å². The SMILES string of the molecule is CC(C)(C)NC(=O)c1ccc(N2CCCCC2)cn1. The van der Waals surface area contributed by atoms with Crippen molar-refractivity contribution < 1.29 is 4.79 Å². The van der Waals surface area contributed by atoms with Crippen molar-refractivity contribution in [2.75, 3.05) is 18.0 Å². The number of anilines is 1. The van der Waals surface area contributed by atoms with Crippen LogP contribution >= 0.6 is 0 Å². The molecule has 4 heteroatoms. The van der Waals surface area contributed by atoms with E-state index in [4.69, 9.17) is 0 Å². The largest absolute Gasteiger partial charge is 0.370 e. The molecule has 2 rings (SSSR count). The minimum atomic E-state index is -0.232. The molecule has 0 unspecified atom stereocenters. The molecule has 1 saturated heterocycles. The standard InChI is InChI=1S/C15H23N3O/c1-15(2,3)17-14(19)13-8-7-12(11-16-13)18-9-5-4-6-10-18/h7-8,11H,4-6,9-10H2,1-3H3,(H,17,19). The molecule has 0 radical (unpaired) electrons. The summed E-state index contributed by atoms with van der Waals surface area (Å²) in [6, 6.07) is 3.81. The Morgan fingerprint density at radius 2 is 1.89 bits per heavy atom. The molecule has 0 aliphatic carbocycles. The molecule has 2 heterocycles. The summed E-state index contributed by atoms with van der Waals surface area (Å²) >= 11 is 0. The summed E-state index contributed by atoms with van der Waals surface area (Å²) < 4.78 is 0. The van der Waals surface area contributed by atoms with Gasteiger partial charge in [-0.1, -0.05) is 0 Å². The summed E-state index contributed by atoms with van der Waals surface area (Å²) in [5.74, 6) is -0.113. The molecule has 0 spiro atoms. The van der Waals surface area contributed by atoms with E-state index in [-0.39, 0.29) is 11.4 Å². The second-order valence-corrected chi connectivity index (χ2v) is 6.15. The summed E-state index contributed by atoms with van der Waals surface area (Å²) in [7, 11) is 0. The van der Waals surface area contributed by atoms with Crippen LogP contribution in [-0.4, -0.2) is 29.5 Å². The lowest BCUT2D eigenvalue weighted by atomic mass is 10.1.